The first-order valence-electron chi connectivity index (χ1n) is 4.86. The van der Waals surface area contributed by atoms with E-state index in [4.69, 9.17) is 15.4 Å². The fourth-order valence-corrected chi connectivity index (χ4v) is 1.72. The Hall–Kier alpha value is -1.79. The van der Waals surface area contributed by atoms with Gasteiger partial charge in [0.05, 0.1) is 17.9 Å². The minimum absolute atomic E-state index is 0.0623. The predicted molar refractivity (Wildman–Crippen MR) is 58.3 cm³/mol. The number of hydrogen-bond donors (Lipinski definition) is 1. The molecule has 1 heterocycles. The highest BCUT2D eigenvalue weighted by Gasteiger charge is 2.08. The highest BCUT2D eigenvalue weighted by atomic mass is 16.3. The van der Waals surface area contributed by atoms with E-state index in [2.05, 4.69) is 6.07 Å². The van der Waals surface area contributed by atoms with Crippen molar-refractivity contribution in [2.75, 3.05) is 0 Å². The van der Waals surface area contributed by atoms with Gasteiger partial charge in [0, 0.05) is 11.4 Å². The average molecular weight is 200 g/mol. The number of fused-ring (bicyclic) bond motifs is 1. The van der Waals surface area contributed by atoms with Crippen LogP contribution >= 0.6 is 0 Å². The van der Waals surface area contributed by atoms with Gasteiger partial charge in [0.2, 0.25) is 0 Å². The van der Waals surface area contributed by atoms with Gasteiger partial charge in [-0.3, -0.25) is 0 Å². The Labute approximate surface area is 88.1 Å². The van der Waals surface area contributed by atoms with Crippen LogP contribution in [-0.2, 0) is 6.42 Å². The molecule has 1 unspecified atom stereocenters. The summed E-state index contributed by atoms with van der Waals surface area (Å²) in [6.45, 7) is 1.94. The molecule has 1 atom stereocenters. The molecule has 2 aromatic rings. The Morgan fingerprint density at radius 1 is 1.53 bits per heavy atom. The zero-order valence-electron chi connectivity index (χ0n) is 8.53. The molecule has 76 valence electrons. The second-order valence-electron chi connectivity index (χ2n) is 3.77. The molecule has 0 aliphatic rings. The van der Waals surface area contributed by atoms with Gasteiger partial charge in [-0.25, -0.2) is 0 Å². The highest BCUT2D eigenvalue weighted by molar-refractivity contribution is 5.82. The summed E-state index contributed by atoms with van der Waals surface area (Å²) in [6.07, 6.45) is 2.36. The molecule has 15 heavy (non-hydrogen) atoms. The third kappa shape index (κ3) is 1.85. The summed E-state index contributed by atoms with van der Waals surface area (Å²) in [5.74, 6) is 0. The van der Waals surface area contributed by atoms with Crippen molar-refractivity contribution >= 4 is 11.0 Å². The molecule has 2 rings (SSSR count). The lowest BCUT2D eigenvalue weighted by Gasteiger charge is -2.06. The minimum atomic E-state index is 0.0623. The van der Waals surface area contributed by atoms with Gasteiger partial charge in [0.1, 0.15) is 5.58 Å². The van der Waals surface area contributed by atoms with Gasteiger partial charge >= 0.3 is 0 Å². The molecule has 0 saturated heterocycles. The molecule has 0 radical (unpaired) electrons. The lowest BCUT2D eigenvalue weighted by molar-refractivity contribution is 0.606. The van der Waals surface area contributed by atoms with Gasteiger partial charge in [0.15, 0.2) is 0 Å². The molecule has 0 spiro atoms. The van der Waals surface area contributed by atoms with Crippen LogP contribution in [0, 0.1) is 11.3 Å². The standard InChI is InChI=1S/C12H12N2O/c1-8(14)4-11-6-9(7-13)5-10-2-3-15-12(10)11/h2-3,5-6,8H,4,14H2,1H3. The molecular formula is C12H12N2O. The Balaban J connectivity index is 2.59. The second kappa shape index (κ2) is 3.76. The van der Waals surface area contributed by atoms with Crippen molar-refractivity contribution in [1.82, 2.24) is 0 Å². The van der Waals surface area contributed by atoms with Gasteiger partial charge < -0.3 is 10.2 Å². The average Bonchev–Trinajstić information content (AvgIpc) is 2.64. The Morgan fingerprint density at radius 2 is 2.33 bits per heavy atom. The fourth-order valence-electron chi connectivity index (χ4n) is 1.72. The van der Waals surface area contributed by atoms with Crippen LogP contribution in [0.3, 0.4) is 0 Å². The van der Waals surface area contributed by atoms with E-state index >= 15 is 0 Å². The molecule has 3 nitrogen and oxygen atoms in total. The molecule has 2 N–H and O–H groups in total. The van der Waals surface area contributed by atoms with Crippen LogP contribution in [0.15, 0.2) is 28.9 Å². The third-order valence-electron chi connectivity index (χ3n) is 2.30. The maximum Gasteiger partial charge on any atom is 0.137 e. The predicted octanol–water partition coefficient (Wildman–Crippen LogP) is 2.19. The number of furan rings is 1. The molecule has 0 fully saturated rings. The maximum atomic E-state index is 8.88. The van der Waals surface area contributed by atoms with Crippen LogP contribution in [-0.4, -0.2) is 6.04 Å². The van der Waals surface area contributed by atoms with E-state index in [1.807, 2.05) is 25.1 Å². The number of hydrogen-bond acceptors (Lipinski definition) is 3. The van der Waals surface area contributed by atoms with E-state index in [0.717, 1.165) is 23.0 Å². The largest absolute Gasteiger partial charge is 0.464 e. The lowest BCUT2D eigenvalue weighted by atomic mass is 10.0. The van der Waals surface area contributed by atoms with E-state index in [1.165, 1.54) is 0 Å². The number of nitriles is 1. The summed E-state index contributed by atoms with van der Waals surface area (Å²) in [7, 11) is 0. The van der Waals surface area contributed by atoms with Crippen molar-refractivity contribution in [3.05, 3.63) is 35.6 Å². The molecular weight excluding hydrogens is 188 g/mol. The van der Waals surface area contributed by atoms with Crippen molar-refractivity contribution in [3.8, 4) is 6.07 Å². The van der Waals surface area contributed by atoms with Crippen molar-refractivity contribution in [1.29, 1.82) is 5.26 Å². The molecule has 0 aliphatic heterocycles. The Morgan fingerprint density at radius 3 is 3.00 bits per heavy atom. The second-order valence-corrected chi connectivity index (χ2v) is 3.77. The molecule has 0 amide bonds. The number of nitrogens with two attached hydrogens (primary N) is 1. The van der Waals surface area contributed by atoms with E-state index in [-0.39, 0.29) is 6.04 Å². The summed E-state index contributed by atoms with van der Waals surface area (Å²) in [4.78, 5) is 0. The monoisotopic (exact) mass is 200 g/mol. The summed E-state index contributed by atoms with van der Waals surface area (Å²) in [6, 6.07) is 7.73. The minimum Gasteiger partial charge on any atom is -0.464 e. The van der Waals surface area contributed by atoms with Gasteiger partial charge in [-0.2, -0.15) is 5.26 Å². The first-order chi connectivity index (χ1) is 7.20. The summed E-state index contributed by atoms with van der Waals surface area (Å²) in [5.41, 5.74) is 8.25. The number of rotatable bonds is 2. The SMILES string of the molecule is CC(N)Cc1cc(C#N)cc2ccoc12. The lowest BCUT2D eigenvalue weighted by Crippen LogP contribution is -2.17. The molecule has 3 heteroatoms. The molecule has 1 aromatic heterocycles. The topological polar surface area (TPSA) is 63.0 Å². The van der Waals surface area contributed by atoms with Crippen LogP contribution in [0.5, 0.6) is 0 Å². The van der Waals surface area contributed by atoms with E-state index < -0.39 is 0 Å². The highest BCUT2D eigenvalue weighted by Crippen LogP contribution is 2.23. The molecule has 0 saturated carbocycles. The first kappa shape index (κ1) is 9.75. The zero-order chi connectivity index (χ0) is 10.8. The van der Waals surface area contributed by atoms with Gasteiger partial charge in [-0.15, -0.1) is 0 Å². The first-order valence-corrected chi connectivity index (χ1v) is 4.86. The van der Waals surface area contributed by atoms with E-state index in [0.29, 0.717) is 5.56 Å². The van der Waals surface area contributed by atoms with Crippen LogP contribution in [0.4, 0.5) is 0 Å². The number of nitrogens with zero attached hydrogens (tertiary/aromatic N) is 1. The van der Waals surface area contributed by atoms with Crippen LogP contribution in [0.2, 0.25) is 0 Å². The molecule has 0 bridgehead atoms. The van der Waals surface area contributed by atoms with Crippen molar-refractivity contribution in [2.24, 2.45) is 5.73 Å². The molecule has 0 aliphatic carbocycles. The normalized spacial score (nSPS) is 12.6. The van der Waals surface area contributed by atoms with Gasteiger partial charge in [0.25, 0.3) is 0 Å². The quantitative estimate of drug-likeness (QED) is 0.808. The Kier molecular flexibility index (Phi) is 2.44. The Bertz CT molecular complexity index is 520. The molecule has 1 aromatic carbocycles. The fraction of sp³-hybridized carbons (Fsp3) is 0.250. The van der Waals surface area contributed by atoms with E-state index in [1.54, 1.807) is 6.26 Å². The summed E-state index contributed by atoms with van der Waals surface area (Å²) >= 11 is 0. The van der Waals surface area contributed by atoms with Gasteiger partial charge in [-0.05, 0) is 37.1 Å². The van der Waals surface area contributed by atoms with E-state index in [9.17, 15) is 0 Å². The zero-order valence-corrected chi connectivity index (χ0v) is 8.53. The van der Waals surface area contributed by atoms with Crippen molar-refractivity contribution in [3.63, 3.8) is 0 Å². The van der Waals surface area contributed by atoms with Crippen molar-refractivity contribution in [2.45, 2.75) is 19.4 Å². The van der Waals surface area contributed by atoms with Gasteiger partial charge in [-0.1, -0.05) is 0 Å². The number of benzene rings is 1. The third-order valence-corrected chi connectivity index (χ3v) is 2.30. The summed E-state index contributed by atoms with van der Waals surface area (Å²) in [5, 5.41) is 9.84. The van der Waals surface area contributed by atoms with Crippen LogP contribution in [0.25, 0.3) is 11.0 Å². The van der Waals surface area contributed by atoms with Crippen LogP contribution < -0.4 is 5.73 Å². The summed E-state index contributed by atoms with van der Waals surface area (Å²) < 4.78 is 5.38. The maximum absolute atomic E-state index is 8.88. The van der Waals surface area contributed by atoms with Crippen LogP contribution in [0.1, 0.15) is 18.1 Å². The van der Waals surface area contributed by atoms with Crippen molar-refractivity contribution < 1.29 is 4.42 Å². The smallest absolute Gasteiger partial charge is 0.137 e.